The van der Waals surface area contributed by atoms with Gasteiger partial charge in [-0.3, -0.25) is 9.59 Å². The van der Waals surface area contributed by atoms with E-state index in [1.54, 1.807) is 25.3 Å². The normalized spacial score (nSPS) is 12.2. The maximum atomic E-state index is 12.1. The van der Waals surface area contributed by atoms with Gasteiger partial charge in [0.1, 0.15) is 19.0 Å². The molecule has 7 heteroatoms. The number of methoxy groups -OCH3 is 1. The van der Waals surface area contributed by atoms with Gasteiger partial charge in [0, 0.05) is 31.1 Å². The van der Waals surface area contributed by atoms with Crippen LogP contribution in [0.5, 0.6) is 17.2 Å². The smallest absolute Gasteiger partial charge is 0.226 e. The van der Waals surface area contributed by atoms with Crippen LogP contribution in [0.4, 0.5) is 5.69 Å². The monoisotopic (exact) mass is 384 g/mol. The summed E-state index contributed by atoms with van der Waals surface area (Å²) >= 11 is 0. The van der Waals surface area contributed by atoms with Crippen molar-refractivity contribution < 1.29 is 23.8 Å². The second-order valence-corrected chi connectivity index (χ2v) is 6.32. The highest BCUT2D eigenvalue weighted by atomic mass is 16.6. The third-order valence-electron chi connectivity index (χ3n) is 4.31. The van der Waals surface area contributed by atoms with E-state index in [1.165, 1.54) is 0 Å². The molecular weight excluding hydrogens is 360 g/mol. The molecule has 7 nitrogen and oxygen atoms in total. The van der Waals surface area contributed by atoms with Gasteiger partial charge >= 0.3 is 0 Å². The zero-order chi connectivity index (χ0) is 19.8. The molecule has 2 aromatic rings. The molecule has 1 aliphatic heterocycles. The second-order valence-electron chi connectivity index (χ2n) is 6.32. The molecule has 0 aliphatic carbocycles. The summed E-state index contributed by atoms with van der Waals surface area (Å²) in [6.07, 6.45) is 1.11. The topological polar surface area (TPSA) is 85.9 Å². The molecule has 2 amide bonds. The predicted molar refractivity (Wildman–Crippen MR) is 105 cm³/mol. The summed E-state index contributed by atoms with van der Waals surface area (Å²) in [6, 6.07) is 12.9. The van der Waals surface area contributed by atoms with Gasteiger partial charge in [-0.05, 0) is 30.2 Å². The van der Waals surface area contributed by atoms with Gasteiger partial charge in [-0.25, -0.2) is 0 Å². The molecule has 0 atom stereocenters. The van der Waals surface area contributed by atoms with Crippen LogP contribution in [0.1, 0.15) is 18.4 Å². The van der Waals surface area contributed by atoms with Gasteiger partial charge in [0.25, 0.3) is 0 Å². The summed E-state index contributed by atoms with van der Waals surface area (Å²) in [6.45, 7) is 1.29. The summed E-state index contributed by atoms with van der Waals surface area (Å²) in [5, 5.41) is 5.57. The molecule has 1 heterocycles. The maximum Gasteiger partial charge on any atom is 0.226 e. The number of hydrogen-bond acceptors (Lipinski definition) is 5. The first-order chi connectivity index (χ1) is 13.7. The highest BCUT2D eigenvalue weighted by Crippen LogP contribution is 2.32. The zero-order valence-electron chi connectivity index (χ0n) is 15.8. The van der Waals surface area contributed by atoms with E-state index in [1.807, 2.05) is 24.3 Å². The van der Waals surface area contributed by atoms with Crippen molar-refractivity contribution in [1.82, 2.24) is 5.32 Å². The lowest BCUT2D eigenvalue weighted by Gasteiger charge is -2.19. The van der Waals surface area contributed by atoms with E-state index >= 15 is 0 Å². The van der Waals surface area contributed by atoms with Gasteiger partial charge in [-0.1, -0.05) is 18.2 Å². The predicted octanol–water partition coefficient (Wildman–Crippen LogP) is 2.54. The third kappa shape index (κ3) is 5.39. The van der Waals surface area contributed by atoms with Crippen LogP contribution in [0, 0.1) is 0 Å². The number of ether oxygens (including phenoxy) is 3. The van der Waals surface area contributed by atoms with E-state index in [-0.39, 0.29) is 24.8 Å². The number of nitrogens with one attached hydrogen (secondary N) is 2. The van der Waals surface area contributed by atoms with E-state index < -0.39 is 0 Å². The molecule has 0 unspecified atom stereocenters. The van der Waals surface area contributed by atoms with Gasteiger partial charge in [0.05, 0.1) is 7.11 Å². The van der Waals surface area contributed by atoms with Gasteiger partial charge in [0.15, 0.2) is 11.5 Å². The van der Waals surface area contributed by atoms with Crippen molar-refractivity contribution in [2.75, 3.05) is 32.2 Å². The van der Waals surface area contributed by atoms with Crippen LogP contribution in [-0.4, -0.2) is 38.7 Å². The molecule has 0 saturated carbocycles. The molecule has 1 aliphatic rings. The summed E-state index contributed by atoms with van der Waals surface area (Å²) in [5.74, 6) is 1.79. The number of para-hydroxylation sites is 1. The summed E-state index contributed by atoms with van der Waals surface area (Å²) in [7, 11) is 1.61. The van der Waals surface area contributed by atoms with E-state index in [9.17, 15) is 9.59 Å². The second kappa shape index (κ2) is 9.64. The van der Waals surface area contributed by atoms with Crippen LogP contribution >= 0.6 is 0 Å². The number of amides is 2. The molecule has 0 bridgehead atoms. The Morgan fingerprint density at radius 2 is 1.79 bits per heavy atom. The van der Waals surface area contributed by atoms with Gasteiger partial charge < -0.3 is 24.8 Å². The Balaban J connectivity index is 1.38. The zero-order valence-corrected chi connectivity index (χ0v) is 15.8. The Bertz CT molecular complexity index is 837. The van der Waals surface area contributed by atoms with Crippen molar-refractivity contribution in [3.8, 4) is 17.2 Å². The fourth-order valence-electron chi connectivity index (χ4n) is 2.91. The molecule has 0 aromatic heterocycles. The van der Waals surface area contributed by atoms with Crippen molar-refractivity contribution >= 4 is 17.5 Å². The molecular formula is C21H24N2O5. The first kappa shape index (κ1) is 19.5. The Hall–Kier alpha value is -3.22. The summed E-state index contributed by atoms with van der Waals surface area (Å²) < 4.78 is 16.2. The molecule has 0 saturated heterocycles. The lowest BCUT2D eigenvalue weighted by atomic mass is 10.1. The Kier molecular flexibility index (Phi) is 6.73. The van der Waals surface area contributed by atoms with Crippen molar-refractivity contribution in [2.45, 2.75) is 19.3 Å². The average Bonchev–Trinajstić information content (AvgIpc) is 2.72. The SMILES string of the molecule is COc1ccccc1CCC(=O)NCCC(=O)Nc1ccc2c(c1)OCCO2. The number of hydrogen-bond donors (Lipinski definition) is 2. The quantitative estimate of drug-likeness (QED) is 0.731. The number of benzene rings is 2. The fraction of sp³-hybridized carbons (Fsp3) is 0.333. The van der Waals surface area contributed by atoms with Crippen LogP contribution < -0.4 is 24.8 Å². The number of rotatable bonds is 8. The van der Waals surface area contributed by atoms with Crippen LogP contribution in [-0.2, 0) is 16.0 Å². The van der Waals surface area contributed by atoms with Gasteiger partial charge in [-0.2, -0.15) is 0 Å². The van der Waals surface area contributed by atoms with Gasteiger partial charge in [-0.15, -0.1) is 0 Å². The first-order valence-electron chi connectivity index (χ1n) is 9.24. The number of fused-ring (bicyclic) bond motifs is 1. The summed E-state index contributed by atoms with van der Waals surface area (Å²) in [5.41, 5.74) is 1.62. The molecule has 0 fully saturated rings. The molecule has 148 valence electrons. The number of aryl methyl sites for hydroxylation is 1. The van der Waals surface area contributed by atoms with Crippen LogP contribution in [0.2, 0.25) is 0 Å². The Labute approximate surface area is 164 Å². The van der Waals surface area contributed by atoms with Crippen LogP contribution in [0.3, 0.4) is 0 Å². The molecule has 0 radical (unpaired) electrons. The molecule has 3 rings (SSSR count). The fourth-order valence-corrected chi connectivity index (χ4v) is 2.91. The van der Waals surface area contributed by atoms with Crippen molar-refractivity contribution in [3.05, 3.63) is 48.0 Å². The molecule has 2 N–H and O–H groups in total. The van der Waals surface area contributed by atoms with E-state index in [4.69, 9.17) is 14.2 Å². The highest BCUT2D eigenvalue weighted by molar-refractivity contribution is 5.91. The van der Waals surface area contributed by atoms with Crippen molar-refractivity contribution in [3.63, 3.8) is 0 Å². The van der Waals surface area contributed by atoms with E-state index in [2.05, 4.69) is 10.6 Å². The van der Waals surface area contributed by atoms with Crippen LogP contribution in [0.15, 0.2) is 42.5 Å². The van der Waals surface area contributed by atoms with Crippen molar-refractivity contribution in [2.24, 2.45) is 0 Å². The minimum Gasteiger partial charge on any atom is -0.496 e. The van der Waals surface area contributed by atoms with E-state index in [0.717, 1.165) is 11.3 Å². The lowest BCUT2D eigenvalue weighted by Crippen LogP contribution is -2.27. The van der Waals surface area contributed by atoms with Crippen LogP contribution in [0.25, 0.3) is 0 Å². The first-order valence-corrected chi connectivity index (χ1v) is 9.24. The molecule has 2 aromatic carbocycles. The minimum atomic E-state index is -0.179. The summed E-state index contributed by atoms with van der Waals surface area (Å²) in [4.78, 5) is 24.1. The lowest BCUT2D eigenvalue weighted by molar-refractivity contribution is -0.121. The minimum absolute atomic E-state index is 0.0990. The largest absolute Gasteiger partial charge is 0.496 e. The Morgan fingerprint density at radius 1 is 1.00 bits per heavy atom. The Morgan fingerprint density at radius 3 is 2.61 bits per heavy atom. The number of carbonyl (C=O) groups is 2. The van der Waals surface area contributed by atoms with Gasteiger partial charge in [0.2, 0.25) is 11.8 Å². The highest BCUT2D eigenvalue weighted by Gasteiger charge is 2.13. The maximum absolute atomic E-state index is 12.1. The average molecular weight is 384 g/mol. The number of anilines is 1. The standard InChI is InChI=1S/C21H24N2O5/c1-26-17-5-3-2-4-15(17)6-9-20(24)22-11-10-21(25)23-16-7-8-18-19(14-16)28-13-12-27-18/h2-5,7-8,14H,6,9-13H2,1H3,(H,22,24)(H,23,25). The third-order valence-corrected chi connectivity index (χ3v) is 4.31. The molecule has 0 spiro atoms. The van der Waals surface area contributed by atoms with Crippen molar-refractivity contribution in [1.29, 1.82) is 0 Å². The molecule has 28 heavy (non-hydrogen) atoms. The van der Waals surface area contributed by atoms with E-state index in [0.29, 0.717) is 43.2 Å². The number of carbonyl (C=O) groups excluding carboxylic acids is 2.